The standard InChI is InChI=1S/C14H20F3N3O/c1-2-7-20(10-14(15,16)17)9-12-6-4-3-5-11(12)8-13(21)19-18/h3-6H,2,7-10,18H2,1H3,(H,19,21). The molecule has 0 aliphatic carbocycles. The normalized spacial score (nSPS) is 11.7. The third kappa shape index (κ3) is 6.59. The number of hydrogen-bond donors (Lipinski definition) is 2. The highest BCUT2D eigenvalue weighted by Gasteiger charge is 2.30. The number of halogens is 3. The van der Waals surface area contributed by atoms with Crippen molar-refractivity contribution >= 4 is 5.91 Å². The summed E-state index contributed by atoms with van der Waals surface area (Å²) in [5, 5.41) is 0. The maximum Gasteiger partial charge on any atom is 0.401 e. The van der Waals surface area contributed by atoms with Crippen LogP contribution in [0.15, 0.2) is 24.3 Å². The Bertz CT molecular complexity index is 463. The van der Waals surface area contributed by atoms with Gasteiger partial charge in [-0.25, -0.2) is 5.84 Å². The molecule has 0 unspecified atom stereocenters. The van der Waals surface area contributed by atoms with Gasteiger partial charge in [0, 0.05) is 6.54 Å². The summed E-state index contributed by atoms with van der Waals surface area (Å²) >= 11 is 0. The molecular weight excluding hydrogens is 283 g/mol. The van der Waals surface area contributed by atoms with Gasteiger partial charge in [-0.3, -0.25) is 15.1 Å². The molecule has 0 aromatic heterocycles. The number of hydrogen-bond acceptors (Lipinski definition) is 3. The zero-order valence-electron chi connectivity index (χ0n) is 11.9. The number of carbonyl (C=O) groups is 1. The van der Waals surface area contributed by atoms with Gasteiger partial charge in [0.1, 0.15) is 0 Å². The second-order valence-electron chi connectivity index (χ2n) is 4.84. The SMILES string of the molecule is CCCN(Cc1ccccc1CC(=O)NN)CC(F)(F)F. The fourth-order valence-corrected chi connectivity index (χ4v) is 2.13. The molecular formula is C14H20F3N3O. The Morgan fingerprint density at radius 2 is 1.90 bits per heavy atom. The summed E-state index contributed by atoms with van der Waals surface area (Å²) in [7, 11) is 0. The summed E-state index contributed by atoms with van der Waals surface area (Å²) in [6.07, 6.45) is -3.56. The zero-order chi connectivity index (χ0) is 15.9. The molecule has 1 aromatic rings. The average Bonchev–Trinajstić information content (AvgIpc) is 2.39. The Morgan fingerprint density at radius 1 is 1.29 bits per heavy atom. The number of nitrogens with two attached hydrogens (primary N) is 1. The summed E-state index contributed by atoms with van der Waals surface area (Å²) < 4.78 is 37.7. The van der Waals surface area contributed by atoms with Crippen molar-refractivity contribution in [2.24, 2.45) is 5.84 Å². The van der Waals surface area contributed by atoms with E-state index in [1.165, 1.54) is 4.90 Å². The van der Waals surface area contributed by atoms with Crippen LogP contribution in [-0.4, -0.2) is 30.1 Å². The van der Waals surface area contributed by atoms with Crippen LogP contribution in [0, 0.1) is 0 Å². The van der Waals surface area contributed by atoms with Crippen LogP contribution in [0.4, 0.5) is 13.2 Å². The lowest BCUT2D eigenvalue weighted by atomic mass is 10.0. The zero-order valence-corrected chi connectivity index (χ0v) is 11.9. The van der Waals surface area contributed by atoms with E-state index in [-0.39, 0.29) is 18.9 Å². The highest BCUT2D eigenvalue weighted by Crippen LogP contribution is 2.20. The number of hydrazine groups is 1. The second kappa shape index (κ2) is 7.99. The van der Waals surface area contributed by atoms with Gasteiger partial charge in [0.15, 0.2) is 0 Å². The fraction of sp³-hybridized carbons (Fsp3) is 0.500. The van der Waals surface area contributed by atoms with E-state index >= 15 is 0 Å². The molecule has 21 heavy (non-hydrogen) atoms. The first kappa shape index (κ1) is 17.5. The molecule has 0 saturated carbocycles. The Balaban J connectivity index is 2.85. The molecule has 118 valence electrons. The number of carbonyl (C=O) groups excluding carboxylic acids is 1. The van der Waals surface area contributed by atoms with E-state index in [2.05, 4.69) is 0 Å². The molecule has 1 amide bonds. The molecule has 3 N–H and O–H groups in total. The lowest BCUT2D eigenvalue weighted by Gasteiger charge is -2.24. The molecule has 0 spiro atoms. The Kier molecular flexibility index (Phi) is 6.64. The number of amides is 1. The summed E-state index contributed by atoms with van der Waals surface area (Å²) in [5.74, 6) is 4.67. The van der Waals surface area contributed by atoms with E-state index in [0.29, 0.717) is 24.1 Å². The van der Waals surface area contributed by atoms with Crippen LogP contribution in [-0.2, 0) is 17.8 Å². The van der Waals surface area contributed by atoms with Gasteiger partial charge in [-0.1, -0.05) is 31.2 Å². The number of nitrogens with one attached hydrogen (secondary N) is 1. The number of rotatable bonds is 7. The van der Waals surface area contributed by atoms with Gasteiger partial charge in [0.25, 0.3) is 0 Å². The first-order chi connectivity index (χ1) is 9.85. The summed E-state index contributed by atoms with van der Waals surface area (Å²) in [5.41, 5.74) is 3.42. The van der Waals surface area contributed by atoms with Gasteiger partial charge in [-0.05, 0) is 24.1 Å². The molecule has 0 radical (unpaired) electrons. The predicted octanol–water partition coefficient (Wildman–Crippen LogP) is 1.99. The van der Waals surface area contributed by atoms with Crippen molar-refractivity contribution in [3.8, 4) is 0 Å². The van der Waals surface area contributed by atoms with Gasteiger partial charge < -0.3 is 0 Å². The number of alkyl halides is 3. The summed E-state index contributed by atoms with van der Waals surface area (Å²) in [4.78, 5) is 12.7. The van der Waals surface area contributed by atoms with Crippen molar-refractivity contribution in [2.75, 3.05) is 13.1 Å². The molecule has 7 heteroatoms. The minimum Gasteiger partial charge on any atom is -0.294 e. The van der Waals surface area contributed by atoms with Gasteiger partial charge in [-0.15, -0.1) is 0 Å². The van der Waals surface area contributed by atoms with E-state index in [1.54, 1.807) is 24.3 Å². The van der Waals surface area contributed by atoms with E-state index in [4.69, 9.17) is 5.84 Å². The third-order valence-corrected chi connectivity index (χ3v) is 2.97. The van der Waals surface area contributed by atoms with Crippen molar-refractivity contribution in [3.05, 3.63) is 35.4 Å². The van der Waals surface area contributed by atoms with E-state index in [1.807, 2.05) is 12.3 Å². The largest absolute Gasteiger partial charge is 0.401 e. The Labute approximate surface area is 122 Å². The molecule has 0 bridgehead atoms. The molecule has 0 saturated heterocycles. The Morgan fingerprint density at radius 3 is 2.43 bits per heavy atom. The van der Waals surface area contributed by atoms with Gasteiger partial charge >= 0.3 is 6.18 Å². The van der Waals surface area contributed by atoms with Crippen LogP contribution in [0.2, 0.25) is 0 Å². The molecule has 1 aromatic carbocycles. The van der Waals surface area contributed by atoms with Crippen molar-refractivity contribution < 1.29 is 18.0 Å². The number of benzene rings is 1. The van der Waals surface area contributed by atoms with Crippen LogP contribution >= 0.6 is 0 Å². The summed E-state index contributed by atoms with van der Waals surface area (Å²) in [6.45, 7) is 1.37. The van der Waals surface area contributed by atoms with Gasteiger partial charge in [-0.2, -0.15) is 13.2 Å². The van der Waals surface area contributed by atoms with Gasteiger partial charge in [0.2, 0.25) is 5.91 Å². The van der Waals surface area contributed by atoms with Crippen LogP contribution in [0.3, 0.4) is 0 Å². The van der Waals surface area contributed by atoms with Crippen molar-refractivity contribution in [1.82, 2.24) is 10.3 Å². The smallest absolute Gasteiger partial charge is 0.294 e. The van der Waals surface area contributed by atoms with E-state index in [9.17, 15) is 18.0 Å². The molecule has 4 nitrogen and oxygen atoms in total. The highest BCUT2D eigenvalue weighted by molar-refractivity contribution is 5.78. The maximum absolute atomic E-state index is 12.6. The molecule has 0 atom stereocenters. The average molecular weight is 303 g/mol. The van der Waals surface area contributed by atoms with Gasteiger partial charge in [0.05, 0.1) is 13.0 Å². The molecule has 0 aliphatic rings. The monoisotopic (exact) mass is 303 g/mol. The van der Waals surface area contributed by atoms with Crippen molar-refractivity contribution in [2.45, 2.75) is 32.5 Å². The minimum atomic E-state index is -4.24. The molecule has 0 aliphatic heterocycles. The molecule has 1 rings (SSSR count). The predicted molar refractivity (Wildman–Crippen MR) is 74.1 cm³/mol. The molecule has 0 heterocycles. The van der Waals surface area contributed by atoms with Crippen molar-refractivity contribution in [1.29, 1.82) is 0 Å². The fourth-order valence-electron chi connectivity index (χ4n) is 2.13. The van der Waals surface area contributed by atoms with Crippen molar-refractivity contribution in [3.63, 3.8) is 0 Å². The lowest BCUT2D eigenvalue weighted by molar-refractivity contribution is -0.147. The lowest BCUT2D eigenvalue weighted by Crippen LogP contribution is -2.35. The summed E-state index contributed by atoms with van der Waals surface area (Å²) in [6, 6.07) is 6.95. The van der Waals surface area contributed by atoms with E-state index in [0.717, 1.165) is 0 Å². The highest BCUT2D eigenvalue weighted by atomic mass is 19.4. The number of nitrogens with zero attached hydrogens (tertiary/aromatic N) is 1. The second-order valence-corrected chi connectivity index (χ2v) is 4.84. The third-order valence-electron chi connectivity index (χ3n) is 2.97. The van der Waals surface area contributed by atoms with Crippen LogP contribution in [0.1, 0.15) is 24.5 Å². The van der Waals surface area contributed by atoms with Crippen LogP contribution in [0.25, 0.3) is 0 Å². The molecule has 0 fully saturated rings. The van der Waals surface area contributed by atoms with E-state index < -0.39 is 12.7 Å². The minimum absolute atomic E-state index is 0.0542. The maximum atomic E-state index is 12.6. The Hall–Kier alpha value is -1.60. The first-order valence-corrected chi connectivity index (χ1v) is 6.71. The quantitative estimate of drug-likeness (QED) is 0.460. The first-order valence-electron chi connectivity index (χ1n) is 6.71. The van der Waals surface area contributed by atoms with Crippen LogP contribution < -0.4 is 11.3 Å². The topological polar surface area (TPSA) is 58.4 Å². The van der Waals surface area contributed by atoms with Crippen LogP contribution in [0.5, 0.6) is 0 Å².